The summed E-state index contributed by atoms with van der Waals surface area (Å²) in [5.41, 5.74) is 2.60. The van der Waals surface area contributed by atoms with Crippen LogP contribution in [0.2, 0.25) is 0 Å². The maximum atomic E-state index is 12.4. The predicted octanol–water partition coefficient (Wildman–Crippen LogP) is 2.00. The maximum absolute atomic E-state index is 12.4. The molecule has 0 unspecified atom stereocenters. The van der Waals surface area contributed by atoms with Crippen molar-refractivity contribution in [3.05, 3.63) is 59.7 Å². The van der Waals surface area contributed by atoms with Crippen LogP contribution in [-0.4, -0.2) is 46.9 Å². The molecule has 0 radical (unpaired) electrons. The Morgan fingerprint density at radius 3 is 2.07 bits per heavy atom. The molecule has 2 N–H and O–H groups in total. The topological polar surface area (TPSA) is 81.8 Å². The quantitative estimate of drug-likeness (QED) is 0.758. The fourth-order valence-corrected chi connectivity index (χ4v) is 3.55. The van der Waals surface area contributed by atoms with E-state index in [-0.39, 0.29) is 17.5 Å². The summed E-state index contributed by atoms with van der Waals surface area (Å²) in [6.07, 6.45) is 0. The Balaban J connectivity index is 1.95. The van der Waals surface area contributed by atoms with Crippen molar-refractivity contribution in [2.75, 3.05) is 33.1 Å². The highest BCUT2D eigenvalue weighted by molar-refractivity contribution is 7.89. The van der Waals surface area contributed by atoms with Gasteiger partial charge in [-0.15, -0.1) is 0 Å². The van der Waals surface area contributed by atoms with E-state index >= 15 is 0 Å². The van der Waals surface area contributed by atoms with E-state index in [0.29, 0.717) is 12.1 Å². The monoisotopic (exact) mass is 390 g/mol. The summed E-state index contributed by atoms with van der Waals surface area (Å²) < 4.78 is 25.9. The SMILES string of the molecule is CN(C)c1ccc(CNC(=O)NCc2ccccc2S(=O)(=O)N(C)C)cc1. The first-order valence-corrected chi connectivity index (χ1v) is 9.94. The van der Waals surface area contributed by atoms with Crippen molar-refractivity contribution in [1.29, 1.82) is 0 Å². The van der Waals surface area contributed by atoms with E-state index in [0.717, 1.165) is 15.6 Å². The molecule has 0 saturated heterocycles. The lowest BCUT2D eigenvalue weighted by molar-refractivity contribution is 0.240. The summed E-state index contributed by atoms with van der Waals surface area (Å²) in [6.45, 7) is 0.506. The van der Waals surface area contributed by atoms with E-state index in [9.17, 15) is 13.2 Å². The van der Waals surface area contributed by atoms with Crippen LogP contribution in [0, 0.1) is 0 Å². The third-order valence-corrected chi connectivity index (χ3v) is 5.99. The van der Waals surface area contributed by atoms with Crippen LogP contribution in [0.15, 0.2) is 53.4 Å². The van der Waals surface area contributed by atoms with Gasteiger partial charge in [0.05, 0.1) is 4.90 Å². The standard InChI is InChI=1S/C19H26N4O3S/c1-22(2)17-11-9-15(10-12-17)13-20-19(24)21-14-16-7-5-6-8-18(16)27(25,26)23(3)4/h5-12H,13-14H2,1-4H3,(H2,20,21,24). The van der Waals surface area contributed by atoms with E-state index in [1.165, 1.54) is 20.2 Å². The number of amides is 2. The van der Waals surface area contributed by atoms with Crippen LogP contribution < -0.4 is 15.5 Å². The van der Waals surface area contributed by atoms with E-state index < -0.39 is 10.0 Å². The second kappa shape index (κ2) is 8.88. The lowest BCUT2D eigenvalue weighted by Crippen LogP contribution is -2.35. The third kappa shape index (κ3) is 5.45. The highest BCUT2D eigenvalue weighted by atomic mass is 32.2. The van der Waals surface area contributed by atoms with Crippen LogP contribution >= 0.6 is 0 Å². The average molecular weight is 391 g/mol. The van der Waals surface area contributed by atoms with Crippen LogP contribution in [0.5, 0.6) is 0 Å². The Morgan fingerprint density at radius 2 is 1.48 bits per heavy atom. The smallest absolute Gasteiger partial charge is 0.315 e. The third-order valence-electron chi connectivity index (χ3n) is 4.08. The van der Waals surface area contributed by atoms with Crippen LogP contribution in [0.4, 0.5) is 10.5 Å². The molecule has 0 fully saturated rings. The zero-order valence-electron chi connectivity index (χ0n) is 16.1. The Labute approximate surface area is 161 Å². The summed E-state index contributed by atoms with van der Waals surface area (Å²) in [5.74, 6) is 0. The van der Waals surface area contributed by atoms with Crippen LogP contribution in [0.1, 0.15) is 11.1 Å². The molecule has 27 heavy (non-hydrogen) atoms. The maximum Gasteiger partial charge on any atom is 0.315 e. The summed E-state index contributed by atoms with van der Waals surface area (Å²) in [7, 11) is 3.33. The molecular weight excluding hydrogens is 364 g/mol. The highest BCUT2D eigenvalue weighted by Gasteiger charge is 2.20. The lowest BCUT2D eigenvalue weighted by Gasteiger charge is -2.16. The number of urea groups is 1. The molecule has 2 aromatic rings. The molecule has 0 bridgehead atoms. The van der Waals surface area contributed by atoms with Crippen molar-refractivity contribution in [2.45, 2.75) is 18.0 Å². The van der Waals surface area contributed by atoms with Gasteiger partial charge < -0.3 is 15.5 Å². The number of hydrogen-bond donors (Lipinski definition) is 2. The van der Waals surface area contributed by atoms with Crippen molar-refractivity contribution < 1.29 is 13.2 Å². The van der Waals surface area contributed by atoms with Gasteiger partial charge in [-0.25, -0.2) is 17.5 Å². The number of nitrogens with one attached hydrogen (secondary N) is 2. The first-order chi connectivity index (χ1) is 12.7. The molecule has 0 heterocycles. The first kappa shape index (κ1) is 20.7. The molecule has 0 aliphatic heterocycles. The van der Waals surface area contributed by atoms with Gasteiger partial charge in [0.1, 0.15) is 0 Å². The summed E-state index contributed by atoms with van der Waals surface area (Å²) in [5, 5.41) is 5.48. The summed E-state index contributed by atoms with van der Waals surface area (Å²) >= 11 is 0. The minimum Gasteiger partial charge on any atom is -0.378 e. The zero-order chi connectivity index (χ0) is 20.0. The minimum absolute atomic E-state index is 0.120. The second-order valence-corrected chi connectivity index (χ2v) is 8.61. The van der Waals surface area contributed by atoms with Gasteiger partial charge in [-0.05, 0) is 29.3 Å². The van der Waals surface area contributed by atoms with Gasteiger partial charge in [-0.1, -0.05) is 30.3 Å². The molecule has 2 aromatic carbocycles. The number of sulfonamides is 1. The molecule has 2 rings (SSSR count). The summed E-state index contributed by atoms with van der Waals surface area (Å²) in [6, 6.07) is 14.2. The molecule has 0 atom stereocenters. The highest BCUT2D eigenvalue weighted by Crippen LogP contribution is 2.18. The molecule has 0 saturated carbocycles. The predicted molar refractivity (Wildman–Crippen MR) is 107 cm³/mol. The van der Waals surface area contributed by atoms with Crippen LogP contribution in [0.3, 0.4) is 0 Å². The van der Waals surface area contributed by atoms with Crippen molar-refractivity contribution in [3.8, 4) is 0 Å². The molecule has 0 aromatic heterocycles. The Kier molecular flexibility index (Phi) is 6.81. The lowest BCUT2D eigenvalue weighted by atomic mass is 10.2. The van der Waals surface area contributed by atoms with E-state index in [1.807, 2.05) is 43.3 Å². The second-order valence-electron chi connectivity index (χ2n) is 6.49. The normalized spacial score (nSPS) is 11.3. The Bertz CT molecular complexity index is 878. The number of benzene rings is 2. The largest absolute Gasteiger partial charge is 0.378 e. The average Bonchev–Trinajstić information content (AvgIpc) is 2.65. The minimum atomic E-state index is -3.56. The molecule has 0 aliphatic carbocycles. The number of nitrogens with zero attached hydrogens (tertiary/aromatic N) is 2. The molecule has 2 amide bonds. The van der Waals surface area contributed by atoms with Crippen molar-refractivity contribution >= 4 is 21.7 Å². The molecule has 8 heteroatoms. The number of carbonyl (C=O) groups excluding carboxylic acids is 1. The van der Waals surface area contributed by atoms with Gasteiger partial charge in [-0.3, -0.25) is 0 Å². The van der Waals surface area contributed by atoms with Gasteiger partial charge >= 0.3 is 6.03 Å². The van der Waals surface area contributed by atoms with E-state index in [1.54, 1.807) is 18.2 Å². The number of hydrogen-bond acceptors (Lipinski definition) is 4. The van der Waals surface area contributed by atoms with Gasteiger partial charge in [0.2, 0.25) is 10.0 Å². The zero-order valence-corrected chi connectivity index (χ0v) is 16.9. The van der Waals surface area contributed by atoms with Crippen LogP contribution in [-0.2, 0) is 23.1 Å². The van der Waals surface area contributed by atoms with Crippen molar-refractivity contribution in [3.63, 3.8) is 0 Å². The Hall–Kier alpha value is -2.58. The van der Waals surface area contributed by atoms with Crippen molar-refractivity contribution in [2.24, 2.45) is 0 Å². The number of rotatable bonds is 7. The van der Waals surface area contributed by atoms with Crippen molar-refractivity contribution in [1.82, 2.24) is 14.9 Å². The number of anilines is 1. The van der Waals surface area contributed by atoms with E-state index in [4.69, 9.17) is 0 Å². The molecular formula is C19H26N4O3S. The van der Waals surface area contributed by atoms with Crippen LogP contribution in [0.25, 0.3) is 0 Å². The van der Waals surface area contributed by atoms with Gasteiger partial charge in [0.15, 0.2) is 0 Å². The van der Waals surface area contributed by atoms with Gasteiger partial charge in [0.25, 0.3) is 0 Å². The van der Waals surface area contributed by atoms with E-state index in [2.05, 4.69) is 10.6 Å². The molecule has 146 valence electrons. The number of carbonyl (C=O) groups is 1. The first-order valence-electron chi connectivity index (χ1n) is 8.50. The fourth-order valence-electron chi connectivity index (χ4n) is 2.43. The molecule has 7 nitrogen and oxygen atoms in total. The fraction of sp³-hybridized carbons (Fsp3) is 0.316. The molecule has 0 aliphatic rings. The summed E-state index contributed by atoms with van der Waals surface area (Å²) in [4.78, 5) is 14.3. The molecule has 0 spiro atoms. The Morgan fingerprint density at radius 1 is 0.889 bits per heavy atom. The van der Waals surface area contributed by atoms with Gasteiger partial charge in [0, 0.05) is 47.0 Å². The van der Waals surface area contributed by atoms with Gasteiger partial charge in [-0.2, -0.15) is 0 Å².